The second-order valence-electron chi connectivity index (χ2n) is 4.47. The van der Waals surface area contributed by atoms with Gasteiger partial charge in [-0.2, -0.15) is 0 Å². The number of aromatic amines is 1. The zero-order valence-electron chi connectivity index (χ0n) is 11.6. The van der Waals surface area contributed by atoms with E-state index in [0.717, 1.165) is 0 Å². The maximum atomic E-state index is 11.7. The Labute approximate surface area is 124 Å². The van der Waals surface area contributed by atoms with Gasteiger partial charge in [0.1, 0.15) is 11.4 Å². The number of hydrogen-bond donors (Lipinski definition) is 4. The number of nitrogens with zero attached hydrogens (tertiary/aromatic N) is 3. The van der Waals surface area contributed by atoms with Gasteiger partial charge in [-0.1, -0.05) is 0 Å². The minimum absolute atomic E-state index is 0.150. The van der Waals surface area contributed by atoms with Gasteiger partial charge in [0.2, 0.25) is 0 Å². The van der Waals surface area contributed by atoms with Gasteiger partial charge in [-0.3, -0.25) is 9.59 Å². The smallest absolute Gasteiger partial charge is 0.271 e. The lowest BCUT2D eigenvalue weighted by Gasteiger charge is -2.09. The lowest BCUT2D eigenvalue weighted by Crippen LogP contribution is -2.16. The first-order valence-corrected chi connectivity index (χ1v) is 6.41. The summed E-state index contributed by atoms with van der Waals surface area (Å²) in [7, 11) is 1.72. The first kappa shape index (κ1) is 13.6. The summed E-state index contributed by atoms with van der Waals surface area (Å²) in [6, 6.07) is 4.99. The van der Waals surface area contributed by atoms with Crippen LogP contribution in [0.5, 0.6) is 0 Å². The standard InChI is InChI=1S/C13H13N7O2/c1-15-8-5-10(18-7-3-2-4-16-13(7)22)19-20-9(11(14)21)6-17-12(8)20/h2-6,15H,1H3,(H2,14,21)(H,16,22)(H,18,19). The molecule has 0 saturated heterocycles. The van der Waals surface area contributed by atoms with E-state index in [2.05, 4.69) is 25.7 Å². The number of amides is 1. The minimum atomic E-state index is -0.642. The van der Waals surface area contributed by atoms with Crippen molar-refractivity contribution in [3.8, 4) is 0 Å². The van der Waals surface area contributed by atoms with E-state index in [9.17, 15) is 9.59 Å². The summed E-state index contributed by atoms with van der Waals surface area (Å²) in [6.07, 6.45) is 2.88. The predicted octanol–water partition coefficient (Wildman–Crippen LogP) is 0.302. The van der Waals surface area contributed by atoms with E-state index in [4.69, 9.17) is 5.73 Å². The summed E-state index contributed by atoms with van der Waals surface area (Å²) in [5, 5.41) is 10.1. The molecule has 9 heteroatoms. The van der Waals surface area contributed by atoms with Gasteiger partial charge >= 0.3 is 0 Å². The van der Waals surface area contributed by atoms with Gasteiger partial charge in [0.25, 0.3) is 11.5 Å². The van der Waals surface area contributed by atoms with Crippen LogP contribution < -0.4 is 21.9 Å². The Morgan fingerprint density at radius 2 is 2.23 bits per heavy atom. The summed E-state index contributed by atoms with van der Waals surface area (Å²) in [4.78, 5) is 29.8. The number of H-pyrrole nitrogens is 1. The number of aromatic nitrogens is 4. The molecule has 9 nitrogen and oxygen atoms in total. The number of hydrogen-bond acceptors (Lipinski definition) is 6. The molecule has 0 aliphatic carbocycles. The molecule has 0 aromatic carbocycles. The average Bonchev–Trinajstić information content (AvgIpc) is 2.93. The zero-order valence-corrected chi connectivity index (χ0v) is 11.6. The van der Waals surface area contributed by atoms with Gasteiger partial charge in [-0.15, -0.1) is 5.10 Å². The molecule has 0 fully saturated rings. The minimum Gasteiger partial charge on any atom is -0.385 e. The molecule has 3 aromatic heterocycles. The van der Waals surface area contributed by atoms with E-state index in [1.165, 1.54) is 16.9 Å². The van der Waals surface area contributed by atoms with Crippen LogP contribution in [0, 0.1) is 0 Å². The van der Waals surface area contributed by atoms with Crippen LogP contribution in [0.25, 0.3) is 5.65 Å². The molecule has 0 spiro atoms. The highest BCUT2D eigenvalue weighted by atomic mass is 16.1. The molecule has 0 aliphatic rings. The molecule has 1 amide bonds. The number of anilines is 3. The van der Waals surface area contributed by atoms with Crippen LogP contribution in [0.4, 0.5) is 17.2 Å². The molecule has 0 unspecified atom stereocenters. The number of carbonyl (C=O) groups excluding carboxylic acids is 1. The van der Waals surface area contributed by atoms with Crippen molar-refractivity contribution in [2.75, 3.05) is 17.7 Å². The lowest BCUT2D eigenvalue weighted by molar-refractivity contribution is 0.0993. The molecule has 0 saturated carbocycles. The Bertz CT molecular complexity index is 912. The normalized spacial score (nSPS) is 10.6. The number of imidazole rings is 1. The molecule has 0 radical (unpaired) electrons. The Balaban J connectivity index is 2.14. The highest BCUT2D eigenvalue weighted by molar-refractivity contribution is 5.92. The molecule has 5 N–H and O–H groups in total. The molecule has 0 atom stereocenters. The quantitative estimate of drug-likeness (QED) is 0.548. The fraction of sp³-hybridized carbons (Fsp3) is 0.0769. The highest BCUT2D eigenvalue weighted by Crippen LogP contribution is 2.21. The Hall–Kier alpha value is -3.36. The van der Waals surface area contributed by atoms with Crippen molar-refractivity contribution in [1.29, 1.82) is 0 Å². The SMILES string of the molecule is CNc1cc(Nc2ccc[nH]c2=O)nn2c(C(N)=O)cnc12. The number of nitrogens with two attached hydrogens (primary N) is 1. The van der Waals surface area contributed by atoms with Gasteiger partial charge in [0.15, 0.2) is 11.5 Å². The summed E-state index contributed by atoms with van der Waals surface area (Å²) >= 11 is 0. The molecule has 22 heavy (non-hydrogen) atoms. The van der Waals surface area contributed by atoms with Crippen LogP contribution in [0.1, 0.15) is 10.5 Å². The van der Waals surface area contributed by atoms with Crippen molar-refractivity contribution in [3.05, 3.63) is 46.6 Å². The third-order valence-corrected chi connectivity index (χ3v) is 3.07. The monoisotopic (exact) mass is 299 g/mol. The topological polar surface area (TPSA) is 130 Å². The third kappa shape index (κ3) is 2.24. The molecule has 3 heterocycles. The third-order valence-electron chi connectivity index (χ3n) is 3.07. The number of pyridine rings is 1. The maximum absolute atomic E-state index is 11.7. The van der Waals surface area contributed by atoms with Crippen molar-refractivity contribution in [2.24, 2.45) is 5.73 Å². The first-order valence-electron chi connectivity index (χ1n) is 6.41. The Morgan fingerprint density at radius 3 is 2.91 bits per heavy atom. The van der Waals surface area contributed by atoms with E-state index in [1.807, 2.05) is 0 Å². The van der Waals surface area contributed by atoms with Gasteiger partial charge in [0, 0.05) is 19.3 Å². The molecule has 3 aromatic rings. The number of rotatable bonds is 4. The van der Waals surface area contributed by atoms with E-state index in [0.29, 0.717) is 22.8 Å². The highest BCUT2D eigenvalue weighted by Gasteiger charge is 2.14. The molecular formula is C13H13N7O2. The van der Waals surface area contributed by atoms with Gasteiger partial charge in [-0.05, 0) is 12.1 Å². The maximum Gasteiger partial charge on any atom is 0.271 e. The fourth-order valence-electron chi connectivity index (χ4n) is 2.04. The molecule has 3 rings (SSSR count). The van der Waals surface area contributed by atoms with Gasteiger partial charge in [0.05, 0.1) is 11.9 Å². The van der Waals surface area contributed by atoms with Crippen LogP contribution in [-0.4, -0.2) is 32.5 Å². The van der Waals surface area contributed by atoms with E-state index in [-0.39, 0.29) is 11.3 Å². The second kappa shape index (κ2) is 5.20. The van der Waals surface area contributed by atoms with E-state index >= 15 is 0 Å². The molecule has 112 valence electrons. The van der Waals surface area contributed by atoms with Crippen molar-refractivity contribution in [3.63, 3.8) is 0 Å². The summed E-state index contributed by atoms with van der Waals surface area (Å²) in [6.45, 7) is 0. The Kier molecular flexibility index (Phi) is 3.22. The van der Waals surface area contributed by atoms with Crippen molar-refractivity contribution in [1.82, 2.24) is 19.6 Å². The second-order valence-corrected chi connectivity index (χ2v) is 4.47. The fourth-order valence-corrected chi connectivity index (χ4v) is 2.04. The van der Waals surface area contributed by atoms with Crippen LogP contribution >= 0.6 is 0 Å². The van der Waals surface area contributed by atoms with Crippen LogP contribution in [-0.2, 0) is 0 Å². The summed E-state index contributed by atoms with van der Waals surface area (Å²) < 4.78 is 1.33. The molecular weight excluding hydrogens is 286 g/mol. The average molecular weight is 299 g/mol. The van der Waals surface area contributed by atoms with Gasteiger partial charge in [-0.25, -0.2) is 9.50 Å². The predicted molar refractivity (Wildman–Crippen MR) is 81.4 cm³/mol. The van der Waals surface area contributed by atoms with Crippen molar-refractivity contribution < 1.29 is 4.79 Å². The van der Waals surface area contributed by atoms with Crippen LogP contribution in [0.2, 0.25) is 0 Å². The zero-order chi connectivity index (χ0) is 15.7. The number of primary amides is 1. The van der Waals surface area contributed by atoms with Gasteiger partial charge < -0.3 is 21.4 Å². The lowest BCUT2D eigenvalue weighted by atomic mass is 10.3. The number of nitrogens with one attached hydrogen (secondary N) is 3. The van der Waals surface area contributed by atoms with Crippen molar-refractivity contribution >= 4 is 28.7 Å². The summed E-state index contributed by atoms with van der Waals surface area (Å²) in [5.74, 6) is -0.272. The van der Waals surface area contributed by atoms with E-state index < -0.39 is 5.91 Å². The van der Waals surface area contributed by atoms with Crippen molar-refractivity contribution in [2.45, 2.75) is 0 Å². The molecule has 0 bridgehead atoms. The molecule has 0 aliphatic heterocycles. The first-order chi connectivity index (χ1) is 10.6. The van der Waals surface area contributed by atoms with Crippen LogP contribution in [0.3, 0.4) is 0 Å². The van der Waals surface area contributed by atoms with E-state index in [1.54, 1.807) is 25.2 Å². The number of fused-ring (bicyclic) bond motifs is 1. The summed E-state index contributed by atoms with van der Waals surface area (Å²) in [5.41, 5.74) is 6.60. The number of carbonyl (C=O) groups is 1. The largest absolute Gasteiger partial charge is 0.385 e. The van der Waals surface area contributed by atoms with Crippen LogP contribution in [0.15, 0.2) is 35.4 Å². The Morgan fingerprint density at radius 1 is 1.41 bits per heavy atom.